The number of aromatic nitrogens is 1. The summed E-state index contributed by atoms with van der Waals surface area (Å²) in [6.45, 7) is 1.32. The lowest BCUT2D eigenvalue weighted by Gasteiger charge is -2.14. The third-order valence-electron chi connectivity index (χ3n) is 4.97. The van der Waals surface area contributed by atoms with Crippen LogP contribution >= 0.6 is 15.9 Å². The Morgan fingerprint density at radius 3 is 2.33 bits per heavy atom. The average Bonchev–Trinajstić information content (AvgIpc) is 3.08. The molecule has 0 aliphatic carbocycles. The van der Waals surface area contributed by atoms with Crippen LogP contribution in [0.25, 0.3) is 22.2 Å². The van der Waals surface area contributed by atoms with Crippen molar-refractivity contribution in [3.05, 3.63) is 88.9 Å². The van der Waals surface area contributed by atoms with Crippen molar-refractivity contribution in [3.63, 3.8) is 0 Å². The Bertz CT molecular complexity index is 1180. The average molecular weight is 463 g/mol. The molecule has 0 fully saturated rings. The zero-order chi connectivity index (χ0) is 21.1. The van der Waals surface area contributed by atoms with Crippen LogP contribution in [0.15, 0.2) is 83.3 Å². The molecule has 0 radical (unpaired) electrons. The summed E-state index contributed by atoms with van der Waals surface area (Å²) in [6.07, 6.45) is 0. The number of para-hydroxylation sites is 1. The van der Waals surface area contributed by atoms with Crippen molar-refractivity contribution in [1.29, 1.82) is 0 Å². The van der Waals surface area contributed by atoms with Crippen molar-refractivity contribution in [2.45, 2.75) is 0 Å². The molecular weight excluding hydrogens is 440 g/mol. The highest BCUT2D eigenvalue weighted by Gasteiger charge is 2.25. The van der Waals surface area contributed by atoms with E-state index in [4.69, 9.17) is 4.74 Å². The van der Waals surface area contributed by atoms with Crippen molar-refractivity contribution in [2.75, 3.05) is 27.2 Å². The molecule has 0 amide bonds. The van der Waals surface area contributed by atoms with Crippen molar-refractivity contribution >= 4 is 32.7 Å². The van der Waals surface area contributed by atoms with E-state index in [1.54, 1.807) is 4.57 Å². The van der Waals surface area contributed by atoms with E-state index in [1.165, 1.54) is 0 Å². The molecule has 0 unspecified atom stereocenters. The molecule has 0 aliphatic heterocycles. The Hall–Kier alpha value is -2.89. The molecule has 4 rings (SSSR count). The van der Waals surface area contributed by atoms with Crippen LogP contribution in [0.2, 0.25) is 0 Å². The third-order valence-corrected chi connectivity index (χ3v) is 5.66. The maximum Gasteiger partial charge on any atom is 0.264 e. The summed E-state index contributed by atoms with van der Waals surface area (Å²) in [5.41, 5.74) is 3.15. The highest BCUT2D eigenvalue weighted by atomic mass is 79.9. The van der Waals surface area contributed by atoms with Gasteiger partial charge < -0.3 is 9.64 Å². The second-order valence-electron chi connectivity index (χ2n) is 7.33. The monoisotopic (exact) mass is 462 g/mol. The summed E-state index contributed by atoms with van der Waals surface area (Å²) in [6, 6.07) is 25.3. The van der Waals surface area contributed by atoms with E-state index in [0.717, 1.165) is 38.9 Å². The van der Waals surface area contributed by atoms with E-state index in [0.29, 0.717) is 12.2 Å². The van der Waals surface area contributed by atoms with Gasteiger partial charge in [0, 0.05) is 22.0 Å². The zero-order valence-electron chi connectivity index (χ0n) is 17.0. The first-order chi connectivity index (χ1) is 14.6. The number of ether oxygens (including phenoxy) is 1. The molecule has 0 N–H and O–H groups in total. The lowest BCUT2D eigenvalue weighted by atomic mass is 10.1. The van der Waals surface area contributed by atoms with Crippen LogP contribution in [-0.2, 0) is 0 Å². The molecule has 0 bridgehead atoms. The molecular formula is C25H23BrN2O2. The number of benzene rings is 3. The first-order valence-corrected chi connectivity index (χ1v) is 10.6. The SMILES string of the molecule is CN(C)CCOc1c(-c2ccccc2)n(C(=O)c2ccccc2Br)c2ccccc12. The summed E-state index contributed by atoms with van der Waals surface area (Å²) in [4.78, 5) is 15.8. The lowest BCUT2D eigenvalue weighted by molar-refractivity contribution is 0.0965. The number of carbonyl (C=O) groups excluding carboxylic acids is 1. The minimum Gasteiger partial charge on any atom is -0.489 e. The second kappa shape index (κ2) is 8.86. The summed E-state index contributed by atoms with van der Waals surface area (Å²) >= 11 is 3.53. The highest BCUT2D eigenvalue weighted by Crippen LogP contribution is 2.41. The molecule has 152 valence electrons. The topological polar surface area (TPSA) is 34.5 Å². The first-order valence-electron chi connectivity index (χ1n) is 9.83. The number of hydrogen-bond acceptors (Lipinski definition) is 3. The van der Waals surface area contributed by atoms with Gasteiger partial charge >= 0.3 is 0 Å². The van der Waals surface area contributed by atoms with Gasteiger partial charge in [0.15, 0.2) is 5.75 Å². The van der Waals surface area contributed by atoms with Gasteiger partial charge in [0.25, 0.3) is 5.91 Å². The molecule has 1 aromatic heterocycles. The van der Waals surface area contributed by atoms with Crippen LogP contribution in [0.3, 0.4) is 0 Å². The van der Waals surface area contributed by atoms with Crippen LogP contribution < -0.4 is 4.74 Å². The molecule has 30 heavy (non-hydrogen) atoms. The summed E-state index contributed by atoms with van der Waals surface area (Å²) in [5.74, 6) is 0.638. The van der Waals surface area contributed by atoms with Crippen LogP contribution in [0.5, 0.6) is 5.75 Å². The molecule has 0 spiro atoms. The highest BCUT2D eigenvalue weighted by molar-refractivity contribution is 9.10. The van der Waals surface area contributed by atoms with E-state index in [1.807, 2.05) is 93.0 Å². The van der Waals surface area contributed by atoms with Gasteiger partial charge in [-0.1, -0.05) is 54.6 Å². The molecule has 4 nitrogen and oxygen atoms in total. The second-order valence-corrected chi connectivity index (χ2v) is 8.19. The smallest absolute Gasteiger partial charge is 0.264 e. The van der Waals surface area contributed by atoms with Gasteiger partial charge in [-0.05, 0) is 54.3 Å². The number of rotatable bonds is 6. The Kier molecular flexibility index (Phi) is 6.02. The normalized spacial score (nSPS) is 11.2. The summed E-state index contributed by atoms with van der Waals surface area (Å²) in [7, 11) is 4.03. The maximum absolute atomic E-state index is 13.7. The van der Waals surface area contributed by atoms with Crippen LogP contribution in [-0.4, -0.2) is 42.6 Å². The predicted octanol–water partition coefficient (Wildman–Crippen LogP) is 5.70. The standard InChI is InChI=1S/C25H23BrN2O2/c1-27(2)16-17-30-24-20-13-7-9-15-22(20)28(23(24)18-10-4-3-5-11-18)25(29)19-12-6-8-14-21(19)26/h3-15H,16-17H2,1-2H3. The first kappa shape index (κ1) is 20.4. The van der Waals surface area contributed by atoms with Gasteiger partial charge in [-0.15, -0.1) is 0 Å². The summed E-state index contributed by atoms with van der Waals surface area (Å²) < 4.78 is 8.83. The Morgan fingerprint density at radius 1 is 0.933 bits per heavy atom. The van der Waals surface area contributed by atoms with E-state index < -0.39 is 0 Å². The number of fused-ring (bicyclic) bond motifs is 1. The fourth-order valence-corrected chi connectivity index (χ4v) is 3.96. The Labute approximate surface area is 184 Å². The minimum absolute atomic E-state index is 0.0972. The largest absolute Gasteiger partial charge is 0.489 e. The van der Waals surface area contributed by atoms with E-state index >= 15 is 0 Å². The maximum atomic E-state index is 13.7. The van der Waals surface area contributed by atoms with Crippen molar-refractivity contribution in [3.8, 4) is 17.0 Å². The van der Waals surface area contributed by atoms with E-state index in [-0.39, 0.29) is 5.91 Å². The molecule has 1 heterocycles. The molecule has 0 saturated carbocycles. The van der Waals surface area contributed by atoms with E-state index in [9.17, 15) is 4.79 Å². The van der Waals surface area contributed by atoms with Crippen molar-refractivity contribution in [2.24, 2.45) is 0 Å². The minimum atomic E-state index is -0.0972. The molecule has 4 aromatic rings. The van der Waals surface area contributed by atoms with Crippen LogP contribution in [0.4, 0.5) is 0 Å². The number of nitrogens with zero attached hydrogens (tertiary/aromatic N) is 2. The third kappa shape index (κ3) is 3.91. The van der Waals surface area contributed by atoms with Gasteiger partial charge in [0.1, 0.15) is 6.61 Å². The van der Waals surface area contributed by atoms with Crippen molar-refractivity contribution in [1.82, 2.24) is 9.47 Å². The van der Waals surface area contributed by atoms with Crippen molar-refractivity contribution < 1.29 is 9.53 Å². The predicted molar refractivity (Wildman–Crippen MR) is 125 cm³/mol. The van der Waals surface area contributed by atoms with Gasteiger partial charge in [-0.2, -0.15) is 0 Å². The number of likely N-dealkylation sites (N-methyl/N-ethyl adjacent to an activating group) is 1. The van der Waals surface area contributed by atoms with Gasteiger partial charge in [0.2, 0.25) is 0 Å². The fraction of sp³-hybridized carbons (Fsp3) is 0.160. The van der Waals surface area contributed by atoms with Gasteiger partial charge in [0.05, 0.1) is 16.8 Å². The number of carbonyl (C=O) groups is 1. The number of hydrogen-bond donors (Lipinski definition) is 0. The Morgan fingerprint density at radius 2 is 1.60 bits per heavy atom. The molecule has 0 atom stereocenters. The lowest BCUT2D eigenvalue weighted by Crippen LogP contribution is -2.19. The molecule has 0 saturated heterocycles. The fourth-order valence-electron chi connectivity index (χ4n) is 3.51. The zero-order valence-corrected chi connectivity index (χ0v) is 18.6. The number of halogens is 1. The van der Waals surface area contributed by atoms with Crippen LogP contribution in [0.1, 0.15) is 10.4 Å². The molecule has 3 aromatic carbocycles. The van der Waals surface area contributed by atoms with E-state index in [2.05, 4.69) is 20.8 Å². The molecule has 0 aliphatic rings. The van der Waals surface area contributed by atoms with Gasteiger partial charge in [-0.25, -0.2) is 0 Å². The molecule has 5 heteroatoms. The summed E-state index contributed by atoms with van der Waals surface area (Å²) in [5, 5.41) is 0.926. The Balaban J connectivity index is 1.97. The van der Waals surface area contributed by atoms with Crippen LogP contribution in [0, 0.1) is 0 Å². The van der Waals surface area contributed by atoms with Gasteiger partial charge in [-0.3, -0.25) is 9.36 Å². The quantitative estimate of drug-likeness (QED) is 0.368.